The molecule has 0 unspecified atom stereocenters. The molecule has 0 aromatic heterocycles. The highest BCUT2D eigenvalue weighted by Crippen LogP contribution is 2.17. The van der Waals surface area contributed by atoms with Gasteiger partial charge in [-0.25, -0.2) is 4.39 Å². The molecule has 0 spiro atoms. The second-order valence-corrected chi connectivity index (χ2v) is 2.12. The molecule has 0 aliphatic heterocycles. The molecule has 0 saturated carbocycles. The summed E-state index contributed by atoms with van der Waals surface area (Å²) in [5, 5.41) is 0. The summed E-state index contributed by atoms with van der Waals surface area (Å²) in [6, 6.07) is 3.96. The molecule has 0 aliphatic rings. The predicted octanol–water partition coefficient (Wildman–Crippen LogP) is 1.67. The first kappa shape index (κ1) is 7.72. The van der Waals surface area contributed by atoms with Gasteiger partial charge in [-0.05, 0) is 30.7 Å². The number of hydrogen-bond acceptors (Lipinski definition) is 2. The van der Waals surface area contributed by atoms with Crippen molar-refractivity contribution in [2.45, 2.75) is 6.92 Å². The highest BCUT2D eigenvalue weighted by molar-refractivity contribution is 5.47. The summed E-state index contributed by atoms with van der Waals surface area (Å²) in [5.74, 6) is 0.0575. The third kappa shape index (κ3) is 1.77. The Labute approximate surface area is 63.6 Å². The van der Waals surface area contributed by atoms with Gasteiger partial charge in [0, 0.05) is 0 Å². The van der Waals surface area contributed by atoms with Crippen LogP contribution in [-0.4, -0.2) is 6.47 Å². The van der Waals surface area contributed by atoms with Gasteiger partial charge in [-0.1, -0.05) is 0 Å². The minimum absolute atomic E-state index is 0.320. The molecule has 0 aliphatic carbocycles. The summed E-state index contributed by atoms with van der Waals surface area (Å²) in [6.45, 7) is 1.99. The van der Waals surface area contributed by atoms with Gasteiger partial charge >= 0.3 is 0 Å². The summed E-state index contributed by atoms with van der Waals surface area (Å²) >= 11 is 0. The highest BCUT2D eigenvalue weighted by Gasteiger charge is 1.98. The summed E-state index contributed by atoms with van der Waals surface area (Å²) in [5.41, 5.74) is 0.608. The van der Waals surface area contributed by atoms with E-state index in [-0.39, 0.29) is 5.82 Å². The molecule has 58 valence electrons. The van der Waals surface area contributed by atoms with E-state index in [1.165, 1.54) is 18.2 Å². The van der Waals surface area contributed by atoms with Gasteiger partial charge < -0.3 is 4.74 Å². The lowest BCUT2D eigenvalue weighted by atomic mass is 10.2. The number of aryl methyl sites for hydroxylation is 1. The first-order valence-corrected chi connectivity index (χ1v) is 3.10. The Morgan fingerprint density at radius 1 is 1.55 bits per heavy atom. The van der Waals surface area contributed by atoms with E-state index < -0.39 is 0 Å². The lowest BCUT2D eigenvalue weighted by molar-refractivity contribution is -0.120. The number of halogens is 1. The van der Waals surface area contributed by atoms with Crippen molar-refractivity contribution in [1.82, 2.24) is 0 Å². The zero-order valence-corrected chi connectivity index (χ0v) is 6.00. The highest BCUT2D eigenvalue weighted by atomic mass is 19.1. The van der Waals surface area contributed by atoms with E-state index in [2.05, 4.69) is 4.74 Å². The van der Waals surface area contributed by atoms with Crippen LogP contribution in [0.2, 0.25) is 0 Å². The normalized spacial score (nSPS) is 9.27. The van der Waals surface area contributed by atoms with Crippen molar-refractivity contribution < 1.29 is 13.9 Å². The Hall–Kier alpha value is -1.38. The summed E-state index contributed by atoms with van der Waals surface area (Å²) in [4.78, 5) is 9.90. The zero-order valence-electron chi connectivity index (χ0n) is 6.00. The Kier molecular flexibility index (Phi) is 2.21. The number of benzene rings is 1. The number of carbonyl (C=O) groups is 1. The maximum Gasteiger partial charge on any atom is 0.298 e. The molecule has 0 radical (unpaired) electrons. The van der Waals surface area contributed by atoms with Crippen molar-refractivity contribution in [3.05, 3.63) is 29.6 Å². The van der Waals surface area contributed by atoms with Crippen molar-refractivity contribution in [2.75, 3.05) is 0 Å². The lowest BCUT2D eigenvalue weighted by Gasteiger charge is -2.00. The first-order chi connectivity index (χ1) is 5.24. The fourth-order valence-electron chi connectivity index (χ4n) is 0.797. The molecule has 0 bridgehead atoms. The molecule has 1 aromatic rings. The van der Waals surface area contributed by atoms with E-state index in [1.807, 2.05) is 0 Å². The van der Waals surface area contributed by atoms with Crippen LogP contribution in [0.25, 0.3) is 0 Å². The topological polar surface area (TPSA) is 26.3 Å². The maximum absolute atomic E-state index is 12.4. The van der Waals surface area contributed by atoms with Crippen LogP contribution in [0.3, 0.4) is 0 Å². The van der Waals surface area contributed by atoms with Crippen LogP contribution in [0, 0.1) is 12.7 Å². The molecule has 2 nitrogen and oxygen atoms in total. The monoisotopic (exact) mass is 154 g/mol. The summed E-state index contributed by atoms with van der Waals surface area (Å²) < 4.78 is 17.0. The number of ether oxygens (including phenoxy) is 1. The molecular formula is C8H7FO2. The molecule has 0 saturated heterocycles. The Balaban J connectivity index is 2.98. The third-order valence-electron chi connectivity index (χ3n) is 1.31. The summed E-state index contributed by atoms with van der Waals surface area (Å²) in [6.07, 6.45) is 0. The van der Waals surface area contributed by atoms with Gasteiger partial charge in [0.1, 0.15) is 11.6 Å². The average molecular weight is 154 g/mol. The Bertz CT molecular complexity index is 271. The van der Waals surface area contributed by atoms with Crippen molar-refractivity contribution in [2.24, 2.45) is 0 Å². The van der Waals surface area contributed by atoms with Gasteiger partial charge in [0.25, 0.3) is 6.47 Å². The zero-order chi connectivity index (χ0) is 8.27. The van der Waals surface area contributed by atoms with Crippen LogP contribution < -0.4 is 4.74 Å². The number of carbonyl (C=O) groups excluding carboxylic acids is 1. The van der Waals surface area contributed by atoms with Crippen LogP contribution in [0.5, 0.6) is 5.75 Å². The minimum Gasteiger partial charge on any atom is -0.428 e. The Morgan fingerprint density at radius 2 is 2.27 bits per heavy atom. The van der Waals surface area contributed by atoms with E-state index in [0.717, 1.165) is 0 Å². The molecule has 1 aromatic carbocycles. The van der Waals surface area contributed by atoms with Gasteiger partial charge in [0.2, 0.25) is 0 Å². The molecule has 11 heavy (non-hydrogen) atoms. The van der Waals surface area contributed by atoms with Crippen LogP contribution >= 0.6 is 0 Å². The van der Waals surface area contributed by atoms with E-state index in [9.17, 15) is 9.18 Å². The second-order valence-electron chi connectivity index (χ2n) is 2.12. The van der Waals surface area contributed by atoms with Gasteiger partial charge in [0.05, 0.1) is 0 Å². The average Bonchev–Trinajstić information content (AvgIpc) is 1.95. The SMILES string of the molecule is Cc1cc(F)ccc1OC=O. The smallest absolute Gasteiger partial charge is 0.298 e. The third-order valence-corrected chi connectivity index (χ3v) is 1.31. The second kappa shape index (κ2) is 3.14. The van der Waals surface area contributed by atoms with Gasteiger partial charge in [-0.2, -0.15) is 0 Å². The van der Waals surface area contributed by atoms with Crippen LogP contribution in [0.15, 0.2) is 18.2 Å². The fourth-order valence-corrected chi connectivity index (χ4v) is 0.797. The van der Waals surface area contributed by atoms with E-state index >= 15 is 0 Å². The standard InChI is InChI=1S/C8H7FO2/c1-6-4-7(9)2-3-8(6)11-5-10/h2-5H,1H3. The van der Waals surface area contributed by atoms with E-state index in [4.69, 9.17) is 0 Å². The molecule has 0 N–H and O–H groups in total. The first-order valence-electron chi connectivity index (χ1n) is 3.10. The lowest BCUT2D eigenvalue weighted by Crippen LogP contribution is -1.91. The largest absolute Gasteiger partial charge is 0.428 e. The fraction of sp³-hybridized carbons (Fsp3) is 0.125. The molecule has 0 atom stereocenters. The van der Waals surface area contributed by atoms with E-state index in [1.54, 1.807) is 6.92 Å². The number of rotatable bonds is 2. The van der Waals surface area contributed by atoms with Gasteiger partial charge in [-0.15, -0.1) is 0 Å². The molecule has 3 heteroatoms. The van der Waals surface area contributed by atoms with Crippen molar-refractivity contribution in [3.8, 4) is 5.75 Å². The van der Waals surface area contributed by atoms with E-state index in [0.29, 0.717) is 17.8 Å². The Morgan fingerprint density at radius 3 is 2.82 bits per heavy atom. The predicted molar refractivity (Wildman–Crippen MR) is 37.8 cm³/mol. The van der Waals surface area contributed by atoms with Crippen LogP contribution in [0.1, 0.15) is 5.56 Å². The molecule has 1 rings (SSSR count). The van der Waals surface area contributed by atoms with Gasteiger partial charge in [0.15, 0.2) is 0 Å². The molecule has 0 fully saturated rings. The van der Waals surface area contributed by atoms with Crippen LogP contribution in [-0.2, 0) is 4.79 Å². The van der Waals surface area contributed by atoms with Crippen molar-refractivity contribution >= 4 is 6.47 Å². The number of hydrogen-bond donors (Lipinski definition) is 0. The van der Waals surface area contributed by atoms with Gasteiger partial charge in [-0.3, -0.25) is 4.79 Å². The molecule has 0 heterocycles. The van der Waals surface area contributed by atoms with Crippen molar-refractivity contribution in [1.29, 1.82) is 0 Å². The minimum atomic E-state index is -0.333. The summed E-state index contributed by atoms with van der Waals surface area (Å²) in [7, 11) is 0. The maximum atomic E-state index is 12.4. The van der Waals surface area contributed by atoms with Crippen molar-refractivity contribution in [3.63, 3.8) is 0 Å². The molecule has 0 amide bonds. The van der Waals surface area contributed by atoms with Crippen LogP contribution in [0.4, 0.5) is 4.39 Å². The molecular weight excluding hydrogens is 147 g/mol. The quantitative estimate of drug-likeness (QED) is 0.605.